The van der Waals surface area contributed by atoms with E-state index in [1.807, 2.05) is 70.1 Å². The Kier molecular flexibility index (Phi) is 11.6. The molecule has 2 rings (SSSR count). The number of thiocarbonyl (C=S) groups is 2. The number of nitrogens with one attached hydrogen (secondary N) is 4. The fourth-order valence-corrected chi connectivity index (χ4v) is 4.73. The molecule has 0 saturated heterocycles. The Balaban J connectivity index is 1.45. The van der Waals surface area contributed by atoms with Crippen LogP contribution in [-0.4, -0.2) is 34.8 Å². The van der Waals surface area contributed by atoms with Crippen molar-refractivity contribution in [1.29, 1.82) is 0 Å². The second kappa shape index (κ2) is 13.7. The van der Waals surface area contributed by atoms with Crippen LogP contribution in [0, 0.1) is 0 Å². The molecule has 0 spiro atoms. The average molecular weight is 580 g/mol. The van der Waals surface area contributed by atoms with Gasteiger partial charge in [0.1, 0.15) is 0 Å². The zero-order valence-corrected chi connectivity index (χ0v) is 21.3. The zero-order valence-electron chi connectivity index (χ0n) is 14.8. The predicted molar refractivity (Wildman–Crippen MR) is 142 cm³/mol. The maximum absolute atomic E-state index is 5.29. The van der Waals surface area contributed by atoms with Gasteiger partial charge in [-0.05, 0) is 73.0 Å². The van der Waals surface area contributed by atoms with Crippen LogP contribution < -0.4 is 21.3 Å². The van der Waals surface area contributed by atoms with Gasteiger partial charge in [-0.2, -0.15) is 0 Å². The maximum Gasteiger partial charge on any atom is 0.170 e. The van der Waals surface area contributed by atoms with E-state index in [2.05, 4.69) is 53.1 Å². The molecule has 0 aliphatic heterocycles. The van der Waals surface area contributed by atoms with Crippen LogP contribution in [0.25, 0.3) is 0 Å². The molecule has 0 atom stereocenters. The van der Waals surface area contributed by atoms with Crippen molar-refractivity contribution < 1.29 is 0 Å². The van der Waals surface area contributed by atoms with E-state index in [4.69, 9.17) is 24.4 Å². The summed E-state index contributed by atoms with van der Waals surface area (Å²) < 4.78 is 2.09. The molecule has 28 heavy (non-hydrogen) atoms. The van der Waals surface area contributed by atoms with Gasteiger partial charge in [-0.15, -0.1) is 0 Å². The van der Waals surface area contributed by atoms with E-state index in [1.165, 1.54) is 0 Å². The van der Waals surface area contributed by atoms with Crippen LogP contribution in [0.5, 0.6) is 0 Å². The molecule has 0 amide bonds. The SMILES string of the molecule is S=C(NCCSSCCNC(=S)Nc1ccc(Br)cc1)Nc1ccc(Br)cc1. The lowest BCUT2D eigenvalue weighted by molar-refractivity contribution is 0.990. The molecule has 0 aromatic heterocycles. The molecule has 4 nitrogen and oxygen atoms in total. The molecule has 2 aromatic rings. The first-order chi connectivity index (χ1) is 13.5. The lowest BCUT2D eigenvalue weighted by Crippen LogP contribution is -2.30. The minimum Gasteiger partial charge on any atom is -0.362 e. The third-order valence-electron chi connectivity index (χ3n) is 3.23. The van der Waals surface area contributed by atoms with Crippen molar-refractivity contribution in [3.05, 3.63) is 57.5 Å². The summed E-state index contributed by atoms with van der Waals surface area (Å²) in [6.45, 7) is 1.63. The minimum absolute atomic E-state index is 0.638. The third kappa shape index (κ3) is 10.3. The van der Waals surface area contributed by atoms with Gasteiger partial charge in [-0.25, -0.2) is 0 Å². The van der Waals surface area contributed by atoms with Crippen molar-refractivity contribution in [2.45, 2.75) is 0 Å². The molecular weight excluding hydrogens is 560 g/mol. The van der Waals surface area contributed by atoms with Gasteiger partial charge in [0.2, 0.25) is 0 Å². The summed E-state index contributed by atoms with van der Waals surface area (Å²) in [6, 6.07) is 15.8. The Morgan fingerprint density at radius 3 is 1.39 bits per heavy atom. The van der Waals surface area contributed by atoms with Gasteiger partial charge in [0, 0.05) is 44.9 Å². The van der Waals surface area contributed by atoms with Crippen molar-refractivity contribution in [3.63, 3.8) is 0 Å². The molecule has 0 unspecified atom stereocenters. The fraction of sp³-hybridized carbons (Fsp3) is 0.222. The van der Waals surface area contributed by atoms with E-state index in [0.717, 1.165) is 44.9 Å². The Labute approximate surface area is 201 Å². The summed E-state index contributed by atoms with van der Waals surface area (Å²) in [6.07, 6.45) is 0. The normalized spacial score (nSPS) is 10.2. The highest BCUT2D eigenvalue weighted by molar-refractivity contribution is 9.10. The Morgan fingerprint density at radius 1 is 0.679 bits per heavy atom. The summed E-state index contributed by atoms with van der Waals surface area (Å²) in [5, 5.41) is 14.0. The molecular formula is C18H20Br2N4S4. The van der Waals surface area contributed by atoms with E-state index >= 15 is 0 Å². The van der Waals surface area contributed by atoms with Gasteiger partial charge < -0.3 is 21.3 Å². The van der Waals surface area contributed by atoms with E-state index in [9.17, 15) is 0 Å². The number of rotatable bonds is 9. The summed E-state index contributed by atoms with van der Waals surface area (Å²) in [4.78, 5) is 0. The van der Waals surface area contributed by atoms with Crippen molar-refractivity contribution >= 4 is 99.5 Å². The second-order valence-electron chi connectivity index (χ2n) is 5.42. The fourth-order valence-electron chi connectivity index (χ4n) is 1.95. The Morgan fingerprint density at radius 2 is 1.04 bits per heavy atom. The van der Waals surface area contributed by atoms with Gasteiger partial charge in [-0.1, -0.05) is 53.4 Å². The van der Waals surface area contributed by atoms with Crippen molar-refractivity contribution in [2.75, 3.05) is 35.2 Å². The zero-order chi connectivity index (χ0) is 20.2. The van der Waals surface area contributed by atoms with Crippen molar-refractivity contribution in [2.24, 2.45) is 0 Å². The molecule has 0 aliphatic rings. The van der Waals surface area contributed by atoms with E-state index in [0.29, 0.717) is 10.2 Å². The molecule has 10 heteroatoms. The topological polar surface area (TPSA) is 48.1 Å². The van der Waals surface area contributed by atoms with Crippen LogP contribution in [0.4, 0.5) is 11.4 Å². The molecule has 0 aliphatic carbocycles. The highest BCUT2D eigenvalue weighted by Gasteiger charge is 1.99. The molecule has 0 bridgehead atoms. The molecule has 2 aromatic carbocycles. The van der Waals surface area contributed by atoms with Crippen molar-refractivity contribution in [3.8, 4) is 0 Å². The van der Waals surface area contributed by atoms with Gasteiger partial charge in [0.25, 0.3) is 0 Å². The Hall–Kier alpha value is -0.520. The molecule has 150 valence electrons. The van der Waals surface area contributed by atoms with E-state index < -0.39 is 0 Å². The van der Waals surface area contributed by atoms with Crippen LogP contribution >= 0.6 is 77.9 Å². The van der Waals surface area contributed by atoms with Gasteiger partial charge in [0.05, 0.1) is 0 Å². The maximum atomic E-state index is 5.29. The molecule has 4 N–H and O–H groups in total. The lowest BCUT2D eigenvalue weighted by atomic mass is 10.3. The highest BCUT2D eigenvalue weighted by Crippen LogP contribution is 2.19. The number of anilines is 2. The first-order valence-electron chi connectivity index (χ1n) is 8.38. The number of benzene rings is 2. The van der Waals surface area contributed by atoms with Crippen LogP contribution in [0.1, 0.15) is 0 Å². The summed E-state index contributed by atoms with van der Waals surface area (Å²) >= 11 is 17.4. The van der Waals surface area contributed by atoms with Gasteiger partial charge in [-0.3, -0.25) is 0 Å². The van der Waals surface area contributed by atoms with E-state index in [1.54, 1.807) is 0 Å². The van der Waals surface area contributed by atoms with Crippen LogP contribution in [-0.2, 0) is 0 Å². The highest BCUT2D eigenvalue weighted by atomic mass is 79.9. The van der Waals surface area contributed by atoms with Crippen molar-refractivity contribution in [1.82, 2.24) is 10.6 Å². The molecule has 0 fully saturated rings. The first-order valence-corrected chi connectivity index (χ1v) is 13.3. The molecule has 0 heterocycles. The molecule has 0 saturated carbocycles. The lowest BCUT2D eigenvalue weighted by Gasteiger charge is -2.11. The summed E-state index contributed by atoms with van der Waals surface area (Å²) in [5.74, 6) is 1.93. The number of hydrogen-bond donors (Lipinski definition) is 4. The molecule has 0 radical (unpaired) electrons. The van der Waals surface area contributed by atoms with Gasteiger partial charge in [0.15, 0.2) is 10.2 Å². The largest absolute Gasteiger partial charge is 0.362 e. The second-order valence-corrected chi connectivity index (χ2v) is 10.8. The quantitative estimate of drug-likeness (QED) is 0.167. The minimum atomic E-state index is 0.638. The number of hydrogen-bond acceptors (Lipinski definition) is 4. The smallest absolute Gasteiger partial charge is 0.170 e. The van der Waals surface area contributed by atoms with Crippen LogP contribution in [0.15, 0.2) is 57.5 Å². The van der Waals surface area contributed by atoms with Crippen LogP contribution in [0.2, 0.25) is 0 Å². The predicted octanol–water partition coefficient (Wildman–Crippen LogP) is 5.87. The average Bonchev–Trinajstić information content (AvgIpc) is 2.67. The first kappa shape index (κ1) is 23.8. The van der Waals surface area contributed by atoms with Gasteiger partial charge >= 0.3 is 0 Å². The number of halogens is 2. The standard InChI is InChI=1S/C18H20Br2N4S4/c19-13-1-5-15(6-2-13)23-17(25)21-9-11-27-28-12-10-22-18(26)24-16-7-3-14(20)4-8-16/h1-8H,9-12H2,(H2,21,23,25)(H2,22,24,26). The van der Waals surface area contributed by atoms with Crippen LogP contribution in [0.3, 0.4) is 0 Å². The monoisotopic (exact) mass is 578 g/mol. The summed E-state index contributed by atoms with van der Waals surface area (Å²) in [7, 11) is 3.62. The third-order valence-corrected chi connectivity index (χ3v) is 7.19. The summed E-state index contributed by atoms with van der Waals surface area (Å²) in [5.41, 5.74) is 1.95. The van der Waals surface area contributed by atoms with E-state index in [-0.39, 0.29) is 0 Å². The Bertz CT molecular complexity index is 692.